The van der Waals surface area contributed by atoms with E-state index in [0.717, 1.165) is 25.7 Å². The average molecular weight is 166 g/mol. The van der Waals surface area contributed by atoms with Gasteiger partial charge < -0.3 is 5.73 Å². The number of hydrogen-bond acceptors (Lipinski definition) is 3. The highest BCUT2D eigenvalue weighted by atomic mass is 16.1. The van der Waals surface area contributed by atoms with Gasteiger partial charge in [0.2, 0.25) is 0 Å². The van der Waals surface area contributed by atoms with E-state index < -0.39 is 0 Å². The van der Waals surface area contributed by atoms with E-state index in [9.17, 15) is 4.79 Å². The van der Waals surface area contributed by atoms with Crippen molar-refractivity contribution in [2.24, 2.45) is 11.7 Å². The summed E-state index contributed by atoms with van der Waals surface area (Å²) in [6.45, 7) is 0. The van der Waals surface area contributed by atoms with Crippen LogP contribution < -0.4 is 5.73 Å². The number of nitrogens with two attached hydrogens (primary N) is 1. The SMILES string of the molecule is N#CCC(=O)[C@@H]1CCCC[C@@H]1N. The van der Waals surface area contributed by atoms with Crippen LogP contribution in [0.3, 0.4) is 0 Å². The molecule has 3 heteroatoms. The zero-order valence-corrected chi connectivity index (χ0v) is 7.12. The van der Waals surface area contributed by atoms with E-state index in [2.05, 4.69) is 0 Å². The van der Waals surface area contributed by atoms with E-state index in [1.54, 1.807) is 0 Å². The topological polar surface area (TPSA) is 66.9 Å². The van der Waals surface area contributed by atoms with Crippen molar-refractivity contribution in [3.63, 3.8) is 0 Å². The maximum Gasteiger partial charge on any atom is 0.151 e. The first-order valence-corrected chi connectivity index (χ1v) is 4.41. The third-order valence-electron chi connectivity index (χ3n) is 2.49. The van der Waals surface area contributed by atoms with Crippen LogP contribution in [0.2, 0.25) is 0 Å². The van der Waals surface area contributed by atoms with Gasteiger partial charge in [-0.2, -0.15) is 5.26 Å². The summed E-state index contributed by atoms with van der Waals surface area (Å²) in [7, 11) is 0. The van der Waals surface area contributed by atoms with Gasteiger partial charge in [-0.3, -0.25) is 4.79 Å². The molecule has 0 aromatic heterocycles. The third kappa shape index (κ3) is 2.05. The fourth-order valence-electron chi connectivity index (χ4n) is 1.77. The highest BCUT2D eigenvalue weighted by molar-refractivity contribution is 5.83. The van der Waals surface area contributed by atoms with E-state index in [-0.39, 0.29) is 24.2 Å². The number of Topliss-reactive ketones (excluding diaryl/α,β-unsaturated/α-hetero) is 1. The van der Waals surface area contributed by atoms with E-state index in [0.29, 0.717) is 0 Å². The molecule has 0 aliphatic heterocycles. The Morgan fingerprint density at radius 1 is 1.50 bits per heavy atom. The molecule has 66 valence electrons. The molecule has 3 nitrogen and oxygen atoms in total. The first-order valence-electron chi connectivity index (χ1n) is 4.41. The van der Waals surface area contributed by atoms with Crippen molar-refractivity contribution in [3.05, 3.63) is 0 Å². The first-order chi connectivity index (χ1) is 5.75. The number of nitriles is 1. The number of carbonyl (C=O) groups excluding carboxylic acids is 1. The van der Waals surface area contributed by atoms with Gasteiger partial charge in [0.1, 0.15) is 0 Å². The molecule has 1 fully saturated rings. The van der Waals surface area contributed by atoms with Crippen LogP contribution in [0.25, 0.3) is 0 Å². The summed E-state index contributed by atoms with van der Waals surface area (Å²) in [5.74, 6) is -0.0110. The molecule has 2 N–H and O–H groups in total. The number of ketones is 1. The summed E-state index contributed by atoms with van der Waals surface area (Å²) in [6.07, 6.45) is 4.04. The Morgan fingerprint density at radius 3 is 2.75 bits per heavy atom. The molecule has 0 radical (unpaired) electrons. The second-order valence-electron chi connectivity index (χ2n) is 3.36. The van der Waals surface area contributed by atoms with Crippen LogP contribution in [-0.4, -0.2) is 11.8 Å². The van der Waals surface area contributed by atoms with Gasteiger partial charge in [-0.1, -0.05) is 12.8 Å². The van der Waals surface area contributed by atoms with Gasteiger partial charge in [0.25, 0.3) is 0 Å². The maximum atomic E-state index is 11.3. The molecule has 1 rings (SSSR count). The summed E-state index contributed by atoms with van der Waals surface area (Å²) < 4.78 is 0. The molecule has 0 aromatic carbocycles. The van der Waals surface area contributed by atoms with Crippen LogP contribution in [0, 0.1) is 17.2 Å². The number of hydrogen-bond donors (Lipinski definition) is 1. The number of rotatable bonds is 2. The molecule has 2 atom stereocenters. The monoisotopic (exact) mass is 166 g/mol. The molecule has 0 unspecified atom stereocenters. The van der Waals surface area contributed by atoms with Crippen molar-refractivity contribution in [1.29, 1.82) is 5.26 Å². The Kier molecular flexibility index (Phi) is 3.24. The Labute approximate surface area is 72.5 Å². The highest BCUT2D eigenvalue weighted by Gasteiger charge is 2.27. The van der Waals surface area contributed by atoms with Crippen LogP contribution in [0.4, 0.5) is 0 Å². The molecule has 0 spiro atoms. The van der Waals surface area contributed by atoms with Crippen molar-refractivity contribution in [2.45, 2.75) is 38.1 Å². The lowest BCUT2D eigenvalue weighted by molar-refractivity contribution is -0.123. The smallest absolute Gasteiger partial charge is 0.151 e. The third-order valence-corrected chi connectivity index (χ3v) is 2.49. The van der Waals surface area contributed by atoms with E-state index in [1.165, 1.54) is 0 Å². The zero-order valence-electron chi connectivity index (χ0n) is 7.12. The molecule has 0 aromatic rings. The molecule has 1 aliphatic carbocycles. The lowest BCUT2D eigenvalue weighted by Crippen LogP contribution is -2.37. The summed E-state index contributed by atoms with van der Waals surface area (Å²) >= 11 is 0. The van der Waals surface area contributed by atoms with Gasteiger partial charge in [0.05, 0.1) is 12.5 Å². The van der Waals surface area contributed by atoms with Crippen molar-refractivity contribution < 1.29 is 4.79 Å². The van der Waals surface area contributed by atoms with Gasteiger partial charge in [0, 0.05) is 12.0 Å². The van der Waals surface area contributed by atoms with Crippen LogP contribution in [0.1, 0.15) is 32.1 Å². The second kappa shape index (κ2) is 4.22. The lowest BCUT2D eigenvalue weighted by atomic mass is 9.81. The number of carbonyl (C=O) groups is 1. The van der Waals surface area contributed by atoms with E-state index in [4.69, 9.17) is 11.0 Å². The van der Waals surface area contributed by atoms with Crippen LogP contribution in [0.5, 0.6) is 0 Å². The highest BCUT2D eigenvalue weighted by Crippen LogP contribution is 2.24. The van der Waals surface area contributed by atoms with E-state index >= 15 is 0 Å². The van der Waals surface area contributed by atoms with Gasteiger partial charge in [0.15, 0.2) is 5.78 Å². The predicted octanol–water partition coefficient (Wildman–Crippen LogP) is 0.987. The molecule has 12 heavy (non-hydrogen) atoms. The Bertz CT molecular complexity index is 207. The second-order valence-corrected chi connectivity index (χ2v) is 3.36. The molecule has 1 saturated carbocycles. The maximum absolute atomic E-state index is 11.3. The normalized spacial score (nSPS) is 29.3. The molecule has 0 heterocycles. The van der Waals surface area contributed by atoms with Gasteiger partial charge in [-0.15, -0.1) is 0 Å². The van der Waals surface area contributed by atoms with E-state index in [1.807, 2.05) is 6.07 Å². The quantitative estimate of drug-likeness (QED) is 0.665. The summed E-state index contributed by atoms with van der Waals surface area (Å²) in [6, 6.07) is 1.88. The standard InChI is InChI=1S/C9H14N2O/c10-6-5-9(12)7-3-1-2-4-8(7)11/h7-8H,1-5,11H2/t7-,8+/m1/s1. The molecule has 0 saturated heterocycles. The van der Waals surface area contributed by atoms with Crippen molar-refractivity contribution in [2.75, 3.05) is 0 Å². The first kappa shape index (κ1) is 9.21. The molecular formula is C9H14N2O. The fraction of sp³-hybridized carbons (Fsp3) is 0.778. The summed E-state index contributed by atoms with van der Waals surface area (Å²) in [4.78, 5) is 11.3. The fourth-order valence-corrected chi connectivity index (χ4v) is 1.77. The molecular weight excluding hydrogens is 152 g/mol. The van der Waals surface area contributed by atoms with Crippen molar-refractivity contribution in [1.82, 2.24) is 0 Å². The Balaban J connectivity index is 2.49. The van der Waals surface area contributed by atoms with Gasteiger partial charge >= 0.3 is 0 Å². The number of nitrogens with zero attached hydrogens (tertiary/aromatic N) is 1. The van der Waals surface area contributed by atoms with Crippen molar-refractivity contribution in [3.8, 4) is 6.07 Å². The Hall–Kier alpha value is -0.880. The molecule has 0 amide bonds. The minimum Gasteiger partial charge on any atom is -0.327 e. The summed E-state index contributed by atoms with van der Waals surface area (Å²) in [5.41, 5.74) is 5.78. The molecule has 1 aliphatic rings. The van der Waals surface area contributed by atoms with Crippen LogP contribution in [0.15, 0.2) is 0 Å². The van der Waals surface area contributed by atoms with Crippen LogP contribution in [-0.2, 0) is 4.79 Å². The Morgan fingerprint density at radius 2 is 2.17 bits per heavy atom. The van der Waals surface area contributed by atoms with Gasteiger partial charge in [-0.05, 0) is 12.8 Å². The van der Waals surface area contributed by atoms with Gasteiger partial charge in [-0.25, -0.2) is 0 Å². The lowest BCUT2D eigenvalue weighted by Gasteiger charge is -2.26. The summed E-state index contributed by atoms with van der Waals surface area (Å²) in [5, 5.41) is 8.34. The predicted molar refractivity (Wildman–Crippen MR) is 45.2 cm³/mol. The van der Waals surface area contributed by atoms with Crippen molar-refractivity contribution >= 4 is 5.78 Å². The largest absolute Gasteiger partial charge is 0.327 e. The minimum absolute atomic E-state index is 0.000370. The van der Waals surface area contributed by atoms with Crippen LogP contribution >= 0.6 is 0 Å². The minimum atomic E-state index is -0.0431. The average Bonchev–Trinajstić information content (AvgIpc) is 2.05. The zero-order chi connectivity index (χ0) is 8.97. The molecule has 0 bridgehead atoms.